The highest BCUT2D eigenvalue weighted by atomic mass is 79.9. The smallest absolute Gasteiger partial charge is 0.264 e. The monoisotopic (exact) mass is 421 g/mol. The average Bonchev–Trinajstić information content (AvgIpc) is 3.02. The van der Waals surface area contributed by atoms with E-state index in [0.717, 1.165) is 28.7 Å². The van der Waals surface area contributed by atoms with Gasteiger partial charge >= 0.3 is 0 Å². The minimum absolute atomic E-state index is 0.00557. The van der Waals surface area contributed by atoms with Crippen LogP contribution in [0.2, 0.25) is 0 Å². The Balaban J connectivity index is 1.86. The van der Waals surface area contributed by atoms with Crippen LogP contribution in [0.25, 0.3) is 11.1 Å². The summed E-state index contributed by atoms with van der Waals surface area (Å²) in [6.07, 6.45) is 2.06. The molecule has 25 heavy (non-hydrogen) atoms. The number of nitriles is 1. The lowest BCUT2D eigenvalue weighted by Crippen LogP contribution is -2.46. The minimum Gasteiger partial charge on any atom is -0.336 e. The molecule has 1 aliphatic heterocycles. The van der Waals surface area contributed by atoms with Crippen molar-refractivity contribution in [3.63, 3.8) is 0 Å². The van der Waals surface area contributed by atoms with Gasteiger partial charge in [0.15, 0.2) is 0 Å². The van der Waals surface area contributed by atoms with Crippen molar-refractivity contribution < 1.29 is 9.18 Å². The summed E-state index contributed by atoms with van der Waals surface area (Å²) < 4.78 is 14.7. The lowest BCUT2D eigenvalue weighted by Gasteiger charge is -2.32. The molecule has 0 saturated carbocycles. The van der Waals surface area contributed by atoms with Gasteiger partial charge in [0.2, 0.25) is 0 Å². The summed E-state index contributed by atoms with van der Waals surface area (Å²) in [5, 5.41) is 12.1. The molecule has 0 radical (unpaired) electrons. The quantitative estimate of drug-likeness (QED) is 0.813. The first kappa shape index (κ1) is 18.1. The fraction of sp³-hybridized carbons (Fsp3) is 0.333. The van der Waals surface area contributed by atoms with Crippen molar-refractivity contribution in [3.05, 3.63) is 44.3 Å². The number of rotatable bonds is 3. The molecule has 4 nitrogen and oxygen atoms in total. The Morgan fingerprint density at radius 3 is 2.96 bits per heavy atom. The Hall–Kier alpha value is -1.75. The van der Waals surface area contributed by atoms with Crippen LogP contribution in [-0.4, -0.2) is 37.0 Å². The number of amides is 1. The van der Waals surface area contributed by atoms with E-state index in [4.69, 9.17) is 5.26 Å². The first-order valence-corrected chi connectivity index (χ1v) is 9.60. The summed E-state index contributed by atoms with van der Waals surface area (Å²) in [5.41, 5.74) is 1.42. The van der Waals surface area contributed by atoms with Gasteiger partial charge in [-0.3, -0.25) is 4.79 Å². The zero-order valence-corrected chi connectivity index (χ0v) is 16.1. The zero-order valence-electron chi connectivity index (χ0n) is 13.7. The van der Waals surface area contributed by atoms with E-state index >= 15 is 0 Å². The van der Waals surface area contributed by atoms with Gasteiger partial charge in [0.25, 0.3) is 5.91 Å². The van der Waals surface area contributed by atoms with Crippen LogP contribution < -0.4 is 5.32 Å². The van der Waals surface area contributed by atoms with E-state index < -0.39 is 5.82 Å². The molecule has 3 rings (SSSR count). The van der Waals surface area contributed by atoms with Crippen LogP contribution in [-0.2, 0) is 0 Å². The zero-order chi connectivity index (χ0) is 18.0. The molecule has 0 spiro atoms. The summed E-state index contributed by atoms with van der Waals surface area (Å²) in [5.74, 6) is -0.551. The summed E-state index contributed by atoms with van der Waals surface area (Å²) in [7, 11) is 1.91. The fourth-order valence-electron chi connectivity index (χ4n) is 3.00. The number of likely N-dealkylation sites (N-methyl/N-ethyl adjacent to an activating group) is 1. The molecule has 1 N–H and O–H groups in total. The van der Waals surface area contributed by atoms with E-state index in [1.54, 1.807) is 12.1 Å². The highest BCUT2D eigenvalue weighted by Crippen LogP contribution is 2.37. The Kier molecular flexibility index (Phi) is 5.52. The number of hydrogen-bond donors (Lipinski definition) is 1. The van der Waals surface area contributed by atoms with E-state index in [2.05, 4.69) is 21.2 Å². The van der Waals surface area contributed by atoms with Gasteiger partial charge in [-0.05, 0) is 59.6 Å². The molecule has 1 saturated heterocycles. The second-order valence-corrected chi connectivity index (χ2v) is 8.35. The highest BCUT2D eigenvalue weighted by Gasteiger charge is 2.25. The number of halogens is 2. The molecule has 1 aromatic carbocycles. The lowest BCUT2D eigenvalue weighted by atomic mass is 10.0. The average molecular weight is 422 g/mol. The van der Waals surface area contributed by atoms with Crippen LogP contribution in [0, 0.1) is 17.1 Å². The van der Waals surface area contributed by atoms with Gasteiger partial charge in [0.05, 0.1) is 14.2 Å². The van der Waals surface area contributed by atoms with Crippen molar-refractivity contribution >= 4 is 33.2 Å². The lowest BCUT2D eigenvalue weighted by molar-refractivity contribution is 0.0703. The molecule has 1 atom stereocenters. The first-order valence-electron chi connectivity index (χ1n) is 7.99. The number of thiophene rings is 1. The number of benzene rings is 1. The predicted molar refractivity (Wildman–Crippen MR) is 100 cm³/mol. The van der Waals surface area contributed by atoms with Crippen LogP contribution in [0.5, 0.6) is 0 Å². The largest absolute Gasteiger partial charge is 0.336 e. The fourth-order valence-corrected chi connectivity index (χ4v) is 4.74. The van der Waals surface area contributed by atoms with Crippen LogP contribution >= 0.6 is 27.3 Å². The molecular formula is C18H17BrFN3OS. The number of nitrogens with zero attached hydrogens (tertiary/aromatic N) is 2. The second kappa shape index (κ2) is 7.65. The third kappa shape index (κ3) is 3.76. The summed E-state index contributed by atoms with van der Waals surface area (Å²) >= 11 is 4.83. The number of carbonyl (C=O) groups excluding carboxylic acids is 1. The third-order valence-corrected chi connectivity index (χ3v) is 6.24. The van der Waals surface area contributed by atoms with E-state index in [1.807, 2.05) is 18.0 Å². The Labute approximate surface area is 158 Å². The van der Waals surface area contributed by atoms with Crippen molar-refractivity contribution in [1.82, 2.24) is 10.2 Å². The van der Waals surface area contributed by atoms with Crippen LogP contribution in [0.15, 0.2) is 28.1 Å². The van der Waals surface area contributed by atoms with E-state index in [0.29, 0.717) is 23.0 Å². The number of nitrogens with one attached hydrogen (secondary N) is 1. The molecule has 1 amide bonds. The molecule has 1 aromatic heterocycles. The van der Waals surface area contributed by atoms with Gasteiger partial charge in [0.1, 0.15) is 11.9 Å². The maximum Gasteiger partial charge on any atom is 0.264 e. The van der Waals surface area contributed by atoms with Crippen molar-refractivity contribution in [2.24, 2.45) is 0 Å². The van der Waals surface area contributed by atoms with Gasteiger partial charge in [-0.15, -0.1) is 11.3 Å². The van der Waals surface area contributed by atoms with Crippen LogP contribution in [0.3, 0.4) is 0 Å². The SMILES string of the molecule is CN[C@@H]1CCCN(C(=O)c2cc(-c3ccc(C#N)c(F)c3)c(Br)s2)C1. The van der Waals surface area contributed by atoms with Crippen molar-refractivity contribution in [1.29, 1.82) is 5.26 Å². The number of carbonyl (C=O) groups is 1. The first-order chi connectivity index (χ1) is 12.0. The van der Waals surface area contributed by atoms with Gasteiger partial charge in [0, 0.05) is 24.7 Å². The Morgan fingerprint density at radius 1 is 1.48 bits per heavy atom. The maximum atomic E-state index is 13.9. The molecular weight excluding hydrogens is 405 g/mol. The van der Waals surface area contributed by atoms with Crippen molar-refractivity contribution in [2.45, 2.75) is 18.9 Å². The maximum absolute atomic E-state index is 13.9. The molecule has 0 aliphatic carbocycles. The Bertz CT molecular complexity index is 845. The number of hydrogen-bond acceptors (Lipinski definition) is 4. The van der Waals surface area contributed by atoms with Gasteiger partial charge < -0.3 is 10.2 Å². The highest BCUT2D eigenvalue weighted by molar-refractivity contribution is 9.11. The number of likely N-dealkylation sites (tertiary alicyclic amines) is 1. The Morgan fingerprint density at radius 2 is 2.28 bits per heavy atom. The van der Waals surface area contributed by atoms with E-state index in [1.165, 1.54) is 23.5 Å². The third-order valence-electron chi connectivity index (χ3n) is 4.41. The van der Waals surface area contributed by atoms with Crippen LogP contribution in [0.4, 0.5) is 4.39 Å². The summed E-state index contributed by atoms with van der Waals surface area (Å²) in [6, 6.07) is 8.42. The van der Waals surface area contributed by atoms with Gasteiger partial charge in [-0.1, -0.05) is 6.07 Å². The molecule has 2 aromatic rings. The topological polar surface area (TPSA) is 56.1 Å². The van der Waals surface area contributed by atoms with Gasteiger partial charge in [-0.25, -0.2) is 4.39 Å². The van der Waals surface area contributed by atoms with Gasteiger partial charge in [-0.2, -0.15) is 5.26 Å². The molecule has 1 aliphatic rings. The molecule has 130 valence electrons. The van der Waals surface area contributed by atoms with E-state index in [9.17, 15) is 9.18 Å². The summed E-state index contributed by atoms with van der Waals surface area (Å²) in [4.78, 5) is 15.3. The summed E-state index contributed by atoms with van der Waals surface area (Å²) in [6.45, 7) is 1.46. The second-order valence-electron chi connectivity index (χ2n) is 5.98. The number of piperidine rings is 1. The minimum atomic E-state index is -0.557. The van der Waals surface area contributed by atoms with E-state index in [-0.39, 0.29) is 11.5 Å². The molecule has 7 heteroatoms. The van der Waals surface area contributed by atoms with Crippen LogP contribution in [0.1, 0.15) is 28.1 Å². The van der Waals surface area contributed by atoms with Crippen molar-refractivity contribution in [2.75, 3.05) is 20.1 Å². The van der Waals surface area contributed by atoms with Crippen molar-refractivity contribution in [3.8, 4) is 17.2 Å². The predicted octanol–water partition coefficient (Wildman–Crippen LogP) is 4.01. The molecule has 0 bridgehead atoms. The molecule has 1 fully saturated rings. The normalized spacial score (nSPS) is 17.4. The standard InChI is InChI=1S/C18H17BrFN3OS/c1-22-13-3-2-6-23(10-13)18(24)16-8-14(17(19)25-16)11-4-5-12(9-21)15(20)7-11/h4-5,7-8,13,22H,2-3,6,10H2,1H3/t13-/m1/s1. The molecule has 2 heterocycles. The molecule has 0 unspecified atom stereocenters.